The third-order valence-corrected chi connectivity index (χ3v) is 1.76. The summed E-state index contributed by atoms with van der Waals surface area (Å²) in [7, 11) is 0. The van der Waals surface area contributed by atoms with Crippen molar-refractivity contribution in [1.82, 2.24) is 0 Å². The highest BCUT2D eigenvalue weighted by Gasteiger charge is 2.06. The van der Waals surface area contributed by atoms with Crippen molar-refractivity contribution in [2.75, 3.05) is 5.73 Å². The van der Waals surface area contributed by atoms with Gasteiger partial charge >= 0.3 is 0 Å². The number of Topliss-reactive ketones (excluding diaryl/α,β-unsaturated/α-hetero) is 1. The van der Waals surface area contributed by atoms with Crippen LogP contribution >= 0.6 is 0 Å². The van der Waals surface area contributed by atoms with Crippen LogP contribution in [-0.4, -0.2) is 5.78 Å². The molecule has 2 heteroatoms. The number of nitrogen functional groups attached to an aromatic ring is 1. The minimum Gasteiger partial charge on any atom is -0.398 e. The maximum atomic E-state index is 11.4. The number of anilines is 1. The van der Waals surface area contributed by atoms with Gasteiger partial charge in [-0.15, -0.1) is 12.3 Å². The summed E-state index contributed by atoms with van der Waals surface area (Å²) >= 11 is 0. The number of nitrogens with two attached hydrogens (primary N) is 1. The van der Waals surface area contributed by atoms with Crippen molar-refractivity contribution in [3.05, 3.63) is 29.8 Å². The third-order valence-electron chi connectivity index (χ3n) is 1.76. The second-order valence-electron chi connectivity index (χ2n) is 2.71. The normalized spacial score (nSPS) is 9.15. The number of terminal acetylenes is 1. The molecule has 0 aliphatic carbocycles. The van der Waals surface area contributed by atoms with E-state index in [4.69, 9.17) is 12.2 Å². The molecule has 0 unspecified atom stereocenters. The van der Waals surface area contributed by atoms with Gasteiger partial charge in [0.15, 0.2) is 5.78 Å². The fourth-order valence-electron chi connectivity index (χ4n) is 1.07. The molecule has 0 saturated heterocycles. The lowest BCUT2D eigenvalue weighted by molar-refractivity contribution is 0.0985. The highest BCUT2D eigenvalue weighted by atomic mass is 16.1. The van der Waals surface area contributed by atoms with Gasteiger partial charge in [0, 0.05) is 24.1 Å². The smallest absolute Gasteiger partial charge is 0.165 e. The van der Waals surface area contributed by atoms with Gasteiger partial charge in [0.25, 0.3) is 0 Å². The molecule has 2 nitrogen and oxygen atoms in total. The number of hydrogen-bond acceptors (Lipinski definition) is 2. The zero-order valence-electron chi connectivity index (χ0n) is 7.29. The van der Waals surface area contributed by atoms with Crippen LogP contribution in [0.3, 0.4) is 0 Å². The molecule has 0 amide bonds. The first kappa shape index (κ1) is 9.34. The number of rotatable bonds is 3. The molecule has 1 rings (SSSR count). The average Bonchev–Trinajstić information content (AvgIpc) is 2.15. The maximum Gasteiger partial charge on any atom is 0.165 e. The van der Waals surface area contributed by atoms with Crippen molar-refractivity contribution >= 4 is 11.5 Å². The summed E-state index contributed by atoms with van der Waals surface area (Å²) in [6, 6.07) is 7.02. The molecule has 0 radical (unpaired) electrons. The summed E-state index contributed by atoms with van der Waals surface area (Å²) in [4.78, 5) is 11.4. The van der Waals surface area contributed by atoms with Crippen LogP contribution in [0.15, 0.2) is 24.3 Å². The van der Waals surface area contributed by atoms with E-state index in [9.17, 15) is 4.79 Å². The van der Waals surface area contributed by atoms with Crippen LogP contribution < -0.4 is 5.73 Å². The summed E-state index contributed by atoms with van der Waals surface area (Å²) in [5.74, 6) is 2.44. The molecule has 1 aromatic carbocycles. The van der Waals surface area contributed by atoms with Crippen LogP contribution in [0.25, 0.3) is 0 Å². The summed E-state index contributed by atoms with van der Waals surface area (Å²) in [6.45, 7) is 0. The maximum absolute atomic E-state index is 11.4. The summed E-state index contributed by atoms with van der Waals surface area (Å²) in [5, 5.41) is 0. The quantitative estimate of drug-likeness (QED) is 0.430. The van der Waals surface area contributed by atoms with E-state index in [0.717, 1.165) is 0 Å². The topological polar surface area (TPSA) is 43.1 Å². The Balaban J connectivity index is 2.78. The van der Waals surface area contributed by atoms with E-state index < -0.39 is 0 Å². The molecule has 13 heavy (non-hydrogen) atoms. The predicted molar refractivity (Wildman–Crippen MR) is 53.3 cm³/mol. The number of carbonyl (C=O) groups is 1. The second-order valence-corrected chi connectivity index (χ2v) is 2.71. The Morgan fingerprint density at radius 2 is 2.15 bits per heavy atom. The van der Waals surface area contributed by atoms with E-state index in [0.29, 0.717) is 24.1 Å². The van der Waals surface area contributed by atoms with E-state index in [2.05, 4.69) is 5.92 Å². The Kier molecular flexibility index (Phi) is 3.10. The lowest BCUT2D eigenvalue weighted by Crippen LogP contribution is -2.02. The fourth-order valence-corrected chi connectivity index (χ4v) is 1.07. The zero-order valence-corrected chi connectivity index (χ0v) is 7.29. The molecular weight excluding hydrogens is 162 g/mol. The number of benzene rings is 1. The largest absolute Gasteiger partial charge is 0.398 e. The van der Waals surface area contributed by atoms with E-state index in [1.165, 1.54) is 0 Å². The Labute approximate surface area is 77.8 Å². The highest BCUT2D eigenvalue weighted by molar-refractivity contribution is 6.00. The minimum atomic E-state index is 0.0102. The number of carbonyl (C=O) groups excluding carboxylic acids is 1. The average molecular weight is 173 g/mol. The first-order chi connectivity index (χ1) is 6.25. The molecule has 66 valence electrons. The van der Waals surface area contributed by atoms with Crippen LogP contribution in [0.4, 0.5) is 5.69 Å². The van der Waals surface area contributed by atoms with Gasteiger partial charge in [0.2, 0.25) is 0 Å². The van der Waals surface area contributed by atoms with Crippen LogP contribution in [0, 0.1) is 12.3 Å². The Morgan fingerprint density at radius 1 is 1.46 bits per heavy atom. The van der Waals surface area contributed by atoms with Gasteiger partial charge in [0.1, 0.15) is 0 Å². The number of hydrogen-bond donors (Lipinski definition) is 1. The molecular formula is C11H11NO. The van der Waals surface area contributed by atoms with Crippen molar-refractivity contribution in [3.63, 3.8) is 0 Å². The molecule has 0 fully saturated rings. The molecule has 1 aromatic rings. The van der Waals surface area contributed by atoms with Crippen LogP contribution in [0.2, 0.25) is 0 Å². The summed E-state index contributed by atoms with van der Waals surface area (Å²) in [5.41, 5.74) is 6.71. The molecule has 0 heterocycles. The SMILES string of the molecule is C#CCCC(=O)c1ccccc1N. The van der Waals surface area contributed by atoms with Crippen molar-refractivity contribution < 1.29 is 4.79 Å². The van der Waals surface area contributed by atoms with Crippen LogP contribution in [0.5, 0.6) is 0 Å². The fraction of sp³-hybridized carbons (Fsp3) is 0.182. The van der Waals surface area contributed by atoms with Crippen LogP contribution in [0.1, 0.15) is 23.2 Å². The Hall–Kier alpha value is -1.75. The predicted octanol–water partition coefficient (Wildman–Crippen LogP) is 1.86. The van der Waals surface area contributed by atoms with Gasteiger partial charge in [-0.1, -0.05) is 12.1 Å². The molecule has 0 spiro atoms. The second kappa shape index (κ2) is 4.32. The summed E-state index contributed by atoms with van der Waals surface area (Å²) in [6.07, 6.45) is 5.89. The molecule has 0 aromatic heterocycles. The summed E-state index contributed by atoms with van der Waals surface area (Å²) < 4.78 is 0. The van der Waals surface area contributed by atoms with Crippen LogP contribution in [-0.2, 0) is 0 Å². The standard InChI is InChI=1S/C11H11NO/c1-2-3-8-11(13)9-6-4-5-7-10(9)12/h1,4-7H,3,8,12H2. The third kappa shape index (κ3) is 2.34. The van der Waals surface area contributed by atoms with Gasteiger partial charge in [-0.25, -0.2) is 0 Å². The van der Waals surface area contributed by atoms with E-state index in [1.54, 1.807) is 24.3 Å². The lowest BCUT2D eigenvalue weighted by Gasteiger charge is -2.01. The van der Waals surface area contributed by atoms with Crippen molar-refractivity contribution in [2.45, 2.75) is 12.8 Å². The van der Waals surface area contributed by atoms with Crippen molar-refractivity contribution in [1.29, 1.82) is 0 Å². The van der Waals surface area contributed by atoms with Crippen molar-refractivity contribution in [3.8, 4) is 12.3 Å². The van der Waals surface area contributed by atoms with Gasteiger partial charge in [-0.05, 0) is 12.1 Å². The highest BCUT2D eigenvalue weighted by Crippen LogP contribution is 2.13. The molecule has 0 aliphatic heterocycles. The van der Waals surface area contributed by atoms with Crippen molar-refractivity contribution in [2.24, 2.45) is 0 Å². The minimum absolute atomic E-state index is 0.0102. The van der Waals surface area contributed by atoms with Gasteiger partial charge in [-0.3, -0.25) is 4.79 Å². The number of ketones is 1. The van der Waals surface area contributed by atoms with E-state index >= 15 is 0 Å². The first-order valence-corrected chi connectivity index (χ1v) is 4.07. The molecule has 0 aliphatic rings. The van der Waals surface area contributed by atoms with E-state index in [-0.39, 0.29) is 5.78 Å². The molecule has 0 atom stereocenters. The number of para-hydroxylation sites is 1. The van der Waals surface area contributed by atoms with Gasteiger partial charge < -0.3 is 5.73 Å². The molecule has 0 bridgehead atoms. The molecule has 0 saturated carbocycles. The first-order valence-electron chi connectivity index (χ1n) is 4.07. The zero-order chi connectivity index (χ0) is 9.68. The van der Waals surface area contributed by atoms with Gasteiger partial charge in [0.05, 0.1) is 0 Å². The Morgan fingerprint density at radius 3 is 2.77 bits per heavy atom. The Bertz CT molecular complexity index is 349. The lowest BCUT2D eigenvalue weighted by atomic mass is 10.1. The molecule has 2 N–H and O–H groups in total. The van der Waals surface area contributed by atoms with E-state index in [1.807, 2.05) is 0 Å². The monoisotopic (exact) mass is 173 g/mol. The van der Waals surface area contributed by atoms with Gasteiger partial charge in [-0.2, -0.15) is 0 Å².